The summed E-state index contributed by atoms with van der Waals surface area (Å²) in [5.41, 5.74) is -1.83. The molecule has 9 nitrogen and oxygen atoms in total. The third kappa shape index (κ3) is 4.73. The smallest absolute Gasteiger partial charge is 0.416 e. The SMILES string of the molecule is O=[N+]([O-])c1ccc(Oc2ccc(C(F)(F)F)cc2Cl)cc1C1=NOC(P(=O)([O-])[O-])C1. The average Bonchev–Trinajstić information content (AvgIpc) is 3.12. The molecule has 0 amide bonds. The largest absolute Gasteiger partial charge is 0.808 e. The molecule has 30 heavy (non-hydrogen) atoms. The lowest BCUT2D eigenvalue weighted by molar-refractivity contribution is -0.385. The molecule has 2 aromatic carbocycles. The van der Waals surface area contributed by atoms with Crippen LogP contribution in [0.5, 0.6) is 11.5 Å². The Morgan fingerprint density at radius 1 is 1.23 bits per heavy atom. The van der Waals surface area contributed by atoms with E-state index in [2.05, 4.69) is 9.99 Å². The summed E-state index contributed by atoms with van der Waals surface area (Å²) in [6, 6.07) is 5.67. The third-order valence-electron chi connectivity index (χ3n) is 3.97. The molecule has 0 bridgehead atoms. The van der Waals surface area contributed by atoms with E-state index < -0.39 is 42.2 Å². The van der Waals surface area contributed by atoms with E-state index in [-0.39, 0.29) is 27.8 Å². The summed E-state index contributed by atoms with van der Waals surface area (Å²) in [4.78, 5) is 37.2. The van der Waals surface area contributed by atoms with Crippen LogP contribution < -0.4 is 14.5 Å². The van der Waals surface area contributed by atoms with Gasteiger partial charge in [-0.3, -0.25) is 10.1 Å². The monoisotopic (exact) mass is 464 g/mol. The van der Waals surface area contributed by atoms with Crippen molar-refractivity contribution < 1.29 is 42.0 Å². The highest BCUT2D eigenvalue weighted by Crippen LogP contribution is 2.41. The maximum absolute atomic E-state index is 12.7. The standard InChI is InChI=1S/C16H11ClF3N2O7P/c17-11-5-8(16(18,19)20)1-4-14(11)28-9-2-3-13(22(23)24)10(6-9)12-7-15(29-21-12)30(25,26)27/h1-6,15H,7H2,(H2,25,26,27)/p-2. The molecule has 1 aliphatic rings. The first-order chi connectivity index (χ1) is 13.9. The number of nitro groups is 1. The maximum Gasteiger partial charge on any atom is 0.416 e. The molecule has 160 valence electrons. The summed E-state index contributed by atoms with van der Waals surface area (Å²) in [6.07, 6.45) is -5.13. The number of halogens is 4. The maximum atomic E-state index is 12.7. The van der Waals surface area contributed by atoms with Gasteiger partial charge in [-0.25, -0.2) is 0 Å². The van der Waals surface area contributed by atoms with Crippen molar-refractivity contribution in [2.24, 2.45) is 5.16 Å². The Balaban J connectivity index is 1.92. The van der Waals surface area contributed by atoms with E-state index in [1.165, 1.54) is 0 Å². The lowest BCUT2D eigenvalue weighted by Gasteiger charge is -2.33. The Morgan fingerprint density at radius 2 is 1.93 bits per heavy atom. The van der Waals surface area contributed by atoms with Crippen molar-refractivity contribution in [3.05, 3.63) is 62.7 Å². The second-order valence-corrected chi connectivity index (χ2v) is 8.09. The van der Waals surface area contributed by atoms with Crippen molar-refractivity contribution in [1.29, 1.82) is 0 Å². The molecule has 3 rings (SSSR count). The van der Waals surface area contributed by atoms with Gasteiger partial charge in [-0.1, -0.05) is 16.8 Å². The number of alkyl halides is 3. The molecule has 1 aliphatic heterocycles. The molecular weight excluding hydrogens is 456 g/mol. The first-order valence-corrected chi connectivity index (χ1v) is 9.93. The van der Waals surface area contributed by atoms with E-state index in [4.69, 9.17) is 16.3 Å². The first kappa shape index (κ1) is 22.0. The van der Waals surface area contributed by atoms with E-state index in [0.717, 1.165) is 30.3 Å². The highest BCUT2D eigenvalue weighted by atomic mass is 35.5. The highest BCUT2D eigenvalue weighted by molar-refractivity contribution is 7.49. The van der Waals surface area contributed by atoms with Gasteiger partial charge in [0.2, 0.25) is 0 Å². The topological polar surface area (TPSA) is 137 Å². The molecule has 2 aromatic rings. The number of oxime groups is 1. The molecular formula is C16H9ClF3N2O7P-2. The van der Waals surface area contributed by atoms with Crippen LogP contribution in [0.4, 0.5) is 18.9 Å². The van der Waals surface area contributed by atoms with Crippen LogP contribution in [0, 0.1) is 10.1 Å². The van der Waals surface area contributed by atoms with Crippen LogP contribution in [0.3, 0.4) is 0 Å². The summed E-state index contributed by atoms with van der Waals surface area (Å²) >= 11 is 5.83. The Labute approximate surface area is 171 Å². The Morgan fingerprint density at radius 3 is 2.47 bits per heavy atom. The van der Waals surface area contributed by atoms with Gasteiger partial charge >= 0.3 is 6.18 Å². The third-order valence-corrected chi connectivity index (χ3v) is 5.25. The van der Waals surface area contributed by atoms with Gasteiger partial charge in [0.25, 0.3) is 5.69 Å². The quantitative estimate of drug-likeness (QED) is 0.375. The van der Waals surface area contributed by atoms with Crippen molar-refractivity contribution >= 4 is 30.6 Å². The molecule has 14 heteroatoms. The molecule has 0 radical (unpaired) electrons. The summed E-state index contributed by atoms with van der Waals surface area (Å²) in [5, 5.41) is 14.4. The van der Waals surface area contributed by atoms with Gasteiger partial charge in [-0.2, -0.15) is 13.2 Å². The van der Waals surface area contributed by atoms with Gasteiger partial charge in [0.1, 0.15) is 11.5 Å². The van der Waals surface area contributed by atoms with Gasteiger partial charge < -0.3 is 23.9 Å². The van der Waals surface area contributed by atoms with E-state index in [0.29, 0.717) is 6.07 Å². The second-order valence-electron chi connectivity index (χ2n) is 6.02. The molecule has 0 fully saturated rings. The molecule has 1 atom stereocenters. The molecule has 0 saturated heterocycles. The van der Waals surface area contributed by atoms with Crippen LogP contribution in [0.1, 0.15) is 17.5 Å². The molecule has 0 aliphatic carbocycles. The zero-order valence-electron chi connectivity index (χ0n) is 14.5. The zero-order valence-corrected chi connectivity index (χ0v) is 16.1. The summed E-state index contributed by atoms with van der Waals surface area (Å²) in [6.45, 7) is 0. The Hall–Kier alpha value is -2.66. The Kier molecular flexibility index (Phi) is 5.79. The average molecular weight is 465 g/mol. The first-order valence-electron chi connectivity index (χ1n) is 7.94. The minimum Gasteiger partial charge on any atom is -0.808 e. The van der Waals surface area contributed by atoms with E-state index in [1.54, 1.807) is 0 Å². The lowest BCUT2D eigenvalue weighted by Crippen LogP contribution is -2.26. The number of hydrogen-bond donors (Lipinski definition) is 0. The predicted molar refractivity (Wildman–Crippen MR) is 93.3 cm³/mol. The fourth-order valence-corrected chi connectivity index (χ4v) is 3.33. The van der Waals surface area contributed by atoms with Gasteiger partial charge in [-0.15, -0.1) is 0 Å². The second kappa shape index (κ2) is 7.88. The summed E-state index contributed by atoms with van der Waals surface area (Å²) in [5.74, 6) is -2.02. The molecule has 0 aromatic heterocycles. The highest BCUT2D eigenvalue weighted by Gasteiger charge is 2.32. The molecule has 1 heterocycles. The van der Waals surface area contributed by atoms with Crippen molar-refractivity contribution in [3.8, 4) is 11.5 Å². The number of rotatable bonds is 5. The molecule has 0 spiro atoms. The summed E-state index contributed by atoms with van der Waals surface area (Å²) in [7, 11) is -5.15. The molecule has 0 saturated carbocycles. The normalized spacial score (nSPS) is 16.7. The lowest BCUT2D eigenvalue weighted by atomic mass is 10.1. The number of ether oxygens (including phenoxy) is 1. The minimum atomic E-state index is -5.15. The fraction of sp³-hybridized carbons (Fsp3) is 0.188. The van der Waals surface area contributed by atoms with Gasteiger partial charge in [0, 0.05) is 12.5 Å². The van der Waals surface area contributed by atoms with Crippen LogP contribution in [0.25, 0.3) is 0 Å². The number of nitrogens with zero attached hydrogens (tertiary/aromatic N) is 2. The van der Waals surface area contributed by atoms with Crippen LogP contribution in [0.15, 0.2) is 41.6 Å². The van der Waals surface area contributed by atoms with Crippen LogP contribution in [-0.2, 0) is 15.6 Å². The number of hydrogen-bond acceptors (Lipinski definition) is 8. The van der Waals surface area contributed by atoms with E-state index >= 15 is 0 Å². The fourth-order valence-electron chi connectivity index (χ4n) is 2.55. The zero-order chi connectivity index (χ0) is 22.3. The predicted octanol–water partition coefficient (Wildman–Crippen LogP) is 3.42. The van der Waals surface area contributed by atoms with Gasteiger partial charge in [-0.05, 0) is 37.9 Å². The van der Waals surface area contributed by atoms with Gasteiger partial charge in [0.05, 0.1) is 26.8 Å². The Bertz CT molecular complexity index is 1090. The summed E-state index contributed by atoms with van der Waals surface area (Å²) < 4.78 is 54.7. The van der Waals surface area contributed by atoms with E-state index in [1.807, 2.05) is 0 Å². The van der Waals surface area contributed by atoms with Gasteiger partial charge in [0.15, 0.2) is 5.85 Å². The number of benzene rings is 2. The van der Waals surface area contributed by atoms with Crippen molar-refractivity contribution in [3.63, 3.8) is 0 Å². The van der Waals surface area contributed by atoms with Crippen molar-refractivity contribution in [1.82, 2.24) is 0 Å². The molecule has 1 unspecified atom stereocenters. The molecule has 0 N–H and O–H groups in total. The van der Waals surface area contributed by atoms with E-state index in [9.17, 15) is 37.6 Å². The van der Waals surface area contributed by atoms with Crippen LogP contribution in [-0.4, -0.2) is 16.5 Å². The minimum absolute atomic E-state index is 0.0594. The van der Waals surface area contributed by atoms with Crippen molar-refractivity contribution in [2.45, 2.75) is 18.4 Å². The van der Waals surface area contributed by atoms with Crippen molar-refractivity contribution in [2.75, 3.05) is 0 Å². The van der Waals surface area contributed by atoms with Crippen LogP contribution in [0.2, 0.25) is 5.02 Å². The van der Waals surface area contributed by atoms with Crippen LogP contribution >= 0.6 is 19.2 Å². The number of nitro benzene ring substituents is 1.